The molecule has 2 aromatic heterocycles. The molecule has 7 nitrogen and oxygen atoms in total. The van der Waals surface area contributed by atoms with Gasteiger partial charge in [-0.25, -0.2) is 9.97 Å². The highest BCUT2D eigenvalue weighted by molar-refractivity contribution is 6.30. The Morgan fingerprint density at radius 1 is 1.00 bits per heavy atom. The van der Waals surface area contributed by atoms with Gasteiger partial charge in [-0.3, -0.25) is 4.79 Å². The SMILES string of the molecule is O=C([C@@H](c1ccc(Cl)cc1)[C@H]1NCCC12CCCCC2)N1CCN(c2ncnc3[nH]ccc23)CC1. The molecular weight excluding hydrogens is 460 g/mol. The van der Waals surface area contributed by atoms with E-state index in [0.717, 1.165) is 42.0 Å². The molecule has 1 amide bonds. The van der Waals surface area contributed by atoms with E-state index in [1.807, 2.05) is 24.4 Å². The van der Waals surface area contributed by atoms with Crippen molar-refractivity contribution in [1.29, 1.82) is 0 Å². The minimum atomic E-state index is -0.185. The first-order chi connectivity index (χ1) is 17.1. The van der Waals surface area contributed by atoms with Crippen molar-refractivity contribution in [2.45, 2.75) is 50.5 Å². The Kier molecular flexibility index (Phi) is 6.14. The van der Waals surface area contributed by atoms with Gasteiger partial charge >= 0.3 is 0 Å². The van der Waals surface area contributed by atoms with Gasteiger partial charge in [0, 0.05) is 43.4 Å². The van der Waals surface area contributed by atoms with Gasteiger partial charge in [0.25, 0.3) is 0 Å². The van der Waals surface area contributed by atoms with E-state index in [1.165, 1.54) is 38.5 Å². The summed E-state index contributed by atoms with van der Waals surface area (Å²) in [6.07, 6.45) is 11.0. The smallest absolute Gasteiger partial charge is 0.231 e. The van der Waals surface area contributed by atoms with Crippen molar-refractivity contribution in [3.05, 3.63) is 53.4 Å². The molecular formula is C27H33ClN6O. The van der Waals surface area contributed by atoms with Crippen LogP contribution in [0.25, 0.3) is 11.0 Å². The number of nitrogens with zero attached hydrogens (tertiary/aromatic N) is 4. The zero-order chi connectivity index (χ0) is 23.8. The molecule has 1 saturated carbocycles. The van der Waals surface area contributed by atoms with Gasteiger partial charge in [0.1, 0.15) is 17.8 Å². The topological polar surface area (TPSA) is 77.2 Å². The molecule has 184 valence electrons. The maximum absolute atomic E-state index is 14.2. The lowest BCUT2D eigenvalue weighted by atomic mass is 9.64. The number of aromatic amines is 1. The summed E-state index contributed by atoms with van der Waals surface area (Å²) in [7, 11) is 0. The Labute approximate surface area is 211 Å². The third-order valence-corrected chi connectivity index (χ3v) is 8.80. The Morgan fingerprint density at radius 3 is 2.54 bits per heavy atom. The molecule has 8 heteroatoms. The molecule has 4 heterocycles. The van der Waals surface area contributed by atoms with Gasteiger partial charge < -0.3 is 20.1 Å². The van der Waals surface area contributed by atoms with E-state index in [-0.39, 0.29) is 23.3 Å². The standard InChI is InChI=1S/C27H33ClN6O/c28-20-6-4-19(5-7-20)22(23-27(11-13-29-23)9-2-1-3-10-27)26(35)34-16-14-33(15-17-34)25-21-8-12-30-24(21)31-18-32-25/h4-8,12,18,22-23,29H,1-3,9-11,13-17H2,(H,30,31,32)/t22-,23+/m0/s1. The number of carbonyl (C=O) groups is 1. The lowest BCUT2D eigenvalue weighted by Gasteiger charge is -2.44. The summed E-state index contributed by atoms with van der Waals surface area (Å²) in [6, 6.07) is 10.2. The van der Waals surface area contributed by atoms with Crippen molar-refractivity contribution in [2.24, 2.45) is 5.41 Å². The van der Waals surface area contributed by atoms with Gasteiger partial charge in [-0.1, -0.05) is 43.0 Å². The lowest BCUT2D eigenvalue weighted by Crippen LogP contribution is -2.54. The van der Waals surface area contributed by atoms with Crippen LogP contribution in [-0.4, -0.2) is 64.5 Å². The second-order valence-corrected chi connectivity index (χ2v) is 10.8. The molecule has 2 saturated heterocycles. The molecule has 0 unspecified atom stereocenters. The first-order valence-electron chi connectivity index (χ1n) is 13.0. The number of benzene rings is 1. The molecule has 0 radical (unpaired) electrons. The van der Waals surface area contributed by atoms with Crippen LogP contribution in [0, 0.1) is 5.41 Å². The van der Waals surface area contributed by atoms with Crippen molar-refractivity contribution >= 4 is 34.4 Å². The van der Waals surface area contributed by atoms with Gasteiger partial charge in [0.15, 0.2) is 0 Å². The highest BCUT2D eigenvalue weighted by Crippen LogP contribution is 2.49. The number of piperazine rings is 1. The maximum atomic E-state index is 14.2. The van der Waals surface area contributed by atoms with Gasteiger partial charge in [-0.15, -0.1) is 0 Å². The predicted molar refractivity (Wildman–Crippen MR) is 139 cm³/mol. The number of halogens is 1. The molecule has 1 aromatic carbocycles. The summed E-state index contributed by atoms with van der Waals surface area (Å²) in [6.45, 7) is 3.91. The zero-order valence-corrected chi connectivity index (χ0v) is 20.8. The van der Waals surface area contributed by atoms with Crippen LogP contribution in [-0.2, 0) is 4.79 Å². The van der Waals surface area contributed by atoms with Crippen LogP contribution in [0.4, 0.5) is 5.82 Å². The summed E-state index contributed by atoms with van der Waals surface area (Å²) in [5.41, 5.74) is 2.15. The van der Waals surface area contributed by atoms with E-state index in [4.69, 9.17) is 11.6 Å². The minimum Gasteiger partial charge on any atom is -0.352 e. The van der Waals surface area contributed by atoms with Crippen LogP contribution in [0.2, 0.25) is 5.02 Å². The minimum absolute atomic E-state index is 0.177. The molecule has 0 bridgehead atoms. The molecule has 2 atom stereocenters. The highest BCUT2D eigenvalue weighted by atomic mass is 35.5. The number of amides is 1. The quantitative estimate of drug-likeness (QED) is 0.566. The predicted octanol–water partition coefficient (Wildman–Crippen LogP) is 4.36. The average molecular weight is 493 g/mol. The van der Waals surface area contributed by atoms with E-state index in [2.05, 4.69) is 42.2 Å². The summed E-state index contributed by atoms with van der Waals surface area (Å²) < 4.78 is 0. The molecule has 6 rings (SSSR count). The van der Waals surface area contributed by atoms with Crippen molar-refractivity contribution in [3.63, 3.8) is 0 Å². The Bertz CT molecular complexity index is 1180. The normalized spacial score (nSPS) is 23.2. The largest absolute Gasteiger partial charge is 0.352 e. The van der Waals surface area contributed by atoms with E-state index in [1.54, 1.807) is 6.33 Å². The average Bonchev–Trinajstić information content (AvgIpc) is 3.53. The molecule has 35 heavy (non-hydrogen) atoms. The number of carbonyl (C=O) groups excluding carboxylic acids is 1. The Hall–Kier alpha value is -2.64. The van der Waals surface area contributed by atoms with Gasteiger partial charge in [0.2, 0.25) is 5.91 Å². The summed E-state index contributed by atoms with van der Waals surface area (Å²) in [5.74, 6) is 0.997. The molecule has 1 spiro atoms. The zero-order valence-electron chi connectivity index (χ0n) is 20.0. The molecule has 1 aliphatic carbocycles. The van der Waals surface area contributed by atoms with E-state index in [9.17, 15) is 4.79 Å². The third kappa shape index (κ3) is 4.19. The van der Waals surface area contributed by atoms with Crippen LogP contribution in [0.5, 0.6) is 0 Å². The fourth-order valence-electron chi connectivity index (χ4n) is 6.73. The van der Waals surface area contributed by atoms with Crippen LogP contribution >= 0.6 is 11.6 Å². The number of H-pyrrole nitrogens is 1. The monoisotopic (exact) mass is 492 g/mol. The molecule has 3 fully saturated rings. The number of anilines is 1. The first-order valence-corrected chi connectivity index (χ1v) is 13.3. The highest BCUT2D eigenvalue weighted by Gasteiger charge is 2.50. The first kappa shape index (κ1) is 22.8. The summed E-state index contributed by atoms with van der Waals surface area (Å²) in [4.78, 5) is 30.6. The fraction of sp³-hybridized carbons (Fsp3) is 0.519. The van der Waals surface area contributed by atoms with Crippen molar-refractivity contribution in [3.8, 4) is 0 Å². The van der Waals surface area contributed by atoms with Gasteiger partial charge in [-0.2, -0.15) is 0 Å². The molecule has 3 aliphatic rings. The van der Waals surface area contributed by atoms with Crippen LogP contribution in [0.1, 0.15) is 50.0 Å². The second-order valence-electron chi connectivity index (χ2n) is 10.4. The number of aromatic nitrogens is 3. The molecule has 2 N–H and O–H groups in total. The summed E-state index contributed by atoms with van der Waals surface area (Å²) >= 11 is 6.22. The van der Waals surface area contributed by atoms with E-state index >= 15 is 0 Å². The fourth-order valence-corrected chi connectivity index (χ4v) is 6.86. The van der Waals surface area contributed by atoms with Gasteiger partial charge in [0.05, 0.1) is 11.3 Å². The van der Waals surface area contributed by atoms with E-state index in [0.29, 0.717) is 18.1 Å². The van der Waals surface area contributed by atoms with Crippen molar-refractivity contribution < 1.29 is 4.79 Å². The number of nitrogens with one attached hydrogen (secondary N) is 2. The summed E-state index contributed by atoms with van der Waals surface area (Å²) in [5, 5.41) is 5.53. The second kappa shape index (κ2) is 9.43. The molecule has 2 aliphatic heterocycles. The third-order valence-electron chi connectivity index (χ3n) is 8.55. The van der Waals surface area contributed by atoms with Crippen molar-refractivity contribution in [1.82, 2.24) is 25.2 Å². The molecule has 3 aromatic rings. The van der Waals surface area contributed by atoms with Crippen LogP contribution in [0.3, 0.4) is 0 Å². The number of fused-ring (bicyclic) bond motifs is 1. The maximum Gasteiger partial charge on any atom is 0.231 e. The van der Waals surface area contributed by atoms with Crippen LogP contribution < -0.4 is 10.2 Å². The van der Waals surface area contributed by atoms with Crippen LogP contribution in [0.15, 0.2) is 42.9 Å². The number of rotatable bonds is 4. The lowest BCUT2D eigenvalue weighted by molar-refractivity contribution is -0.134. The van der Waals surface area contributed by atoms with E-state index < -0.39 is 0 Å². The Balaban J connectivity index is 1.25. The number of hydrogen-bond donors (Lipinski definition) is 2. The van der Waals surface area contributed by atoms with Gasteiger partial charge in [-0.05, 0) is 55.0 Å². The van der Waals surface area contributed by atoms with Crippen molar-refractivity contribution in [2.75, 3.05) is 37.6 Å². The Morgan fingerprint density at radius 2 is 1.77 bits per heavy atom. The number of hydrogen-bond acceptors (Lipinski definition) is 5.